The van der Waals surface area contributed by atoms with Gasteiger partial charge in [-0.2, -0.15) is 0 Å². The molecule has 0 bridgehead atoms. The topological polar surface area (TPSA) is 61.4 Å². The molecule has 0 heterocycles. The van der Waals surface area contributed by atoms with Crippen LogP contribution in [0.15, 0.2) is 18.2 Å². The van der Waals surface area contributed by atoms with E-state index < -0.39 is 33.4 Å². The summed E-state index contributed by atoms with van der Waals surface area (Å²) in [4.78, 5) is 12.2. The first-order valence-corrected chi connectivity index (χ1v) is 9.42. The van der Waals surface area contributed by atoms with Crippen LogP contribution in [0.5, 0.6) is 0 Å². The molecule has 1 fully saturated rings. The van der Waals surface area contributed by atoms with Crippen LogP contribution in [0.3, 0.4) is 0 Å². The second-order valence-electron chi connectivity index (χ2n) is 7.23. The summed E-state index contributed by atoms with van der Waals surface area (Å²) in [6.07, 6.45) is 1.20. The molecule has 4 nitrogen and oxygen atoms in total. The Hall–Kier alpha value is -1.11. The zero-order valence-corrected chi connectivity index (χ0v) is 15.8. The van der Waals surface area contributed by atoms with E-state index in [1.165, 1.54) is 0 Å². The molecule has 0 spiro atoms. The molecule has 0 aromatic heterocycles. The molecule has 2 rings (SSSR count). The highest BCUT2D eigenvalue weighted by atomic mass is 32.2. The van der Waals surface area contributed by atoms with E-state index >= 15 is 4.39 Å². The van der Waals surface area contributed by atoms with Gasteiger partial charge in [0.05, 0.1) is 18.1 Å². The maximum Gasteiger partial charge on any atom is 0.316 e. The molecular formula is C18H26FNO3S. The van der Waals surface area contributed by atoms with Crippen molar-refractivity contribution in [3.63, 3.8) is 0 Å². The van der Waals surface area contributed by atoms with Gasteiger partial charge in [-0.25, -0.2) is 4.39 Å². The van der Waals surface area contributed by atoms with E-state index in [-0.39, 0.29) is 12.6 Å². The monoisotopic (exact) mass is 355 g/mol. The van der Waals surface area contributed by atoms with Crippen LogP contribution in [0.2, 0.25) is 0 Å². The Kier molecular flexibility index (Phi) is 5.62. The van der Waals surface area contributed by atoms with Gasteiger partial charge < -0.3 is 9.29 Å². The van der Waals surface area contributed by atoms with Gasteiger partial charge in [-0.15, -0.1) is 4.72 Å². The first-order valence-electron chi connectivity index (χ1n) is 8.27. The lowest BCUT2D eigenvalue weighted by molar-refractivity contribution is -0.146. The Labute approximate surface area is 146 Å². The summed E-state index contributed by atoms with van der Waals surface area (Å²) in [6.45, 7) is 9.37. The summed E-state index contributed by atoms with van der Waals surface area (Å²) in [5.74, 6) is -0.770. The smallest absolute Gasteiger partial charge is 0.316 e. The molecule has 1 aliphatic rings. The van der Waals surface area contributed by atoms with Gasteiger partial charge in [0, 0.05) is 22.5 Å². The average Bonchev–Trinajstić information content (AvgIpc) is 3.28. The molecule has 1 saturated carbocycles. The predicted molar refractivity (Wildman–Crippen MR) is 93.4 cm³/mol. The molecule has 134 valence electrons. The molecule has 1 aromatic rings. The van der Waals surface area contributed by atoms with Gasteiger partial charge in [-0.1, -0.05) is 18.2 Å². The van der Waals surface area contributed by atoms with Crippen molar-refractivity contribution in [2.45, 2.75) is 63.7 Å². The number of nitrogens with one attached hydrogen (secondary N) is 1. The van der Waals surface area contributed by atoms with E-state index in [1.807, 2.05) is 20.8 Å². The molecule has 6 heteroatoms. The summed E-state index contributed by atoms with van der Waals surface area (Å²) in [6, 6.07) is 4.63. The maximum absolute atomic E-state index is 15.1. The third-order valence-corrected chi connectivity index (χ3v) is 5.95. The number of carbonyl (C=O) groups excluding carboxylic acids is 1. The summed E-state index contributed by atoms with van der Waals surface area (Å²) in [5, 5.41) is 0. The fourth-order valence-corrected chi connectivity index (χ4v) is 3.43. The van der Waals surface area contributed by atoms with Gasteiger partial charge in [0.2, 0.25) is 0 Å². The van der Waals surface area contributed by atoms with Crippen LogP contribution < -0.4 is 4.72 Å². The summed E-state index contributed by atoms with van der Waals surface area (Å²) >= 11 is -1.31. The molecule has 1 aliphatic carbocycles. The van der Waals surface area contributed by atoms with Crippen molar-refractivity contribution >= 4 is 17.3 Å². The van der Waals surface area contributed by atoms with Crippen molar-refractivity contribution in [1.82, 2.24) is 4.72 Å². The number of halogens is 1. The van der Waals surface area contributed by atoms with Gasteiger partial charge in [-0.05, 0) is 47.5 Å². The predicted octanol–water partition coefficient (Wildman–Crippen LogP) is 3.53. The van der Waals surface area contributed by atoms with Crippen LogP contribution >= 0.6 is 0 Å². The molecule has 0 amide bonds. The van der Waals surface area contributed by atoms with Gasteiger partial charge in [0.25, 0.3) is 0 Å². The van der Waals surface area contributed by atoms with E-state index in [1.54, 1.807) is 32.0 Å². The molecule has 0 saturated heterocycles. The minimum Gasteiger partial charge on any atom is -0.598 e. The van der Waals surface area contributed by atoms with Crippen LogP contribution in [0.4, 0.5) is 4.39 Å². The van der Waals surface area contributed by atoms with Crippen LogP contribution in [-0.4, -0.2) is 21.9 Å². The highest BCUT2D eigenvalue weighted by Crippen LogP contribution is 2.50. The van der Waals surface area contributed by atoms with E-state index in [0.717, 1.165) is 0 Å². The van der Waals surface area contributed by atoms with Crippen LogP contribution in [0.1, 0.15) is 64.6 Å². The standard InChI is InChI=1S/C18H26FNO3S/c1-6-23-16(21)18(10-11-18)14-9-7-8-13(15(14)19)12(2)20-24(22)17(3,4)5/h7-9,12,20H,6,10-11H2,1-5H3/t12-,24?/m1/s1. The Morgan fingerprint density at radius 1 is 1.46 bits per heavy atom. The fraction of sp³-hybridized carbons (Fsp3) is 0.611. The maximum atomic E-state index is 15.1. The van der Waals surface area contributed by atoms with Crippen molar-refractivity contribution in [1.29, 1.82) is 0 Å². The molecule has 1 N–H and O–H groups in total. The van der Waals surface area contributed by atoms with Crippen molar-refractivity contribution in [2.24, 2.45) is 0 Å². The number of benzene rings is 1. The van der Waals surface area contributed by atoms with Crippen molar-refractivity contribution in [3.05, 3.63) is 35.1 Å². The Morgan fingerprint density at radius 3 is 2.58 bits per heavy atom. The zero-order chi connectivity index (χ0) is 18.1. The minimum absolute atomic E-state index is 0.282. The zero-order valence-electron chi connectivity index (χ0n) is 14.9. The average molecular weight is 355 g/mol. The molecule has 1 unspecified atom stereocenters. The summed E-state index contributed by atoms with van der Waals surface area (Å²) in [7, 11) is 0. The lowest BCUT2D eigenvalue weighted by Crippen LogP contribution is -2.40. The van der Waals surface area contributed by atoms with E-state index in [2.05, 4.69) is 4.72 Å². The summed E-state index contributed by atoms with van der Waals surface area (Å²) in [5.41, 5.74) is -0.0479. The van der Waals surface area contributed by atoms with Crippen LogP contribution in [0, 0.1) is 5.82 Å². The van der Waals surface area contributed by atoms with Crippen LogP contribution in [-0.2, 0) is 26.3 Å². The van der Waals surface area contributed by atoms with E-state index in [9.17, 15) is 9.35 Å². The highest BCUT2D eigenvalue weighted by Gasteiger charge is 2.54. The third-order valence-electron chi connectivity index (χ3n) is 4.27. The largest absolute Gasteiger partial charge is 0.598 e. The highest BCUT2D eigenvalue weighted by molar-refractivity contribution is 7.90. The molecule has 1 aromatic carbocycles. The van der Waals surface area contributed by atoms with E-state index in [0.29, 0.717) is 24.0 Å². The third kappa shape index (κ3) is 3.76. The van der Waals surface area contributed by atoms with Gasteiger partial charge in [0.1, 0.15) is 10.6 Å². The minimum atomic E-state index is -1.31. The second-order valence-corrected chi connectivity index (χ2v) is 9.23. The molecular weight excluding hydrogens is 329 g/mol. The van der Waals surface area contributed by atoms with Crippen LogP contribution in [0.25, 0.3) is 0 Å². The molecule has 0 aliphatic heterocycles. The second kappa shape index (κ2) is 7.02. The van der Waals surface area contributed by atoms with Gasteiger partial charge >= 0.3 is 5.97 Å². The number of ether oxygens (including phenoxy) is 1. The molecule has 24 heavy (non-hydrogen) atoms. The SMILES string of the molecule is CCOC(=O)C1(c2cccc([C@@H](C)N[S+]([O-])C(C)(C)C)c2F)CC1. The number of hydrogen-bond acceptors (Lipinski definition) is 4. The molecule has 0 radical (unpaired) electrons. The Bertz CT molecular complexity index is 611. The number of esters is 1. The van der Waals surface area contributed by atoms with E-state index in [4.69, 9.17) is 4.74 Å². The lowest BCUT2D eigenvalue weighted by Gasteiger charge is -2.27. The Morgan fingerprint density at radius 2 is 2.08 bits per heavy atom. The normalized spacial score (nSPS) is 18.8. The first kappa shape index (κ1) is 19.2. The number of carbonyl (C=O) groups is 1. The molecule has 2 atom stereocenters. The van der Waals surface area contributed by atoms with Gasteiger partial charge in [0.15, 0.2) is 0 Å². The number of hydrogen-bond donors (Lipinski definition) is 1. The van der Waals surface area contributed by atoms with Crippen molar-refractivity contribution < 1.29 is 18.5 Å². The number of rotatable bonds is 6. The van der Waals surface area contributed by atoms with Gasteiger partial charge in [-0.3, -0.25) is 4.79 Å². The fourth-order valence-electron chi connectivity index (χ4n) is 2.63. The lowest BCUT2D eigenvalue weighted by atomic mass is 9.92. The Balaban J connectivity index is 2.27. The van der Waals surface area contributed by atoms with Crippen molar-refractivity contribution in [2.75, 3.05) is 6.61 Å². The van der Waals surface area contributed by atoms with Crippen molar-refractivity contribution in [3.8, 4) is 0 Å². The summed E-state index contributed by atoms with van der Waals surface area (Å²) < 4.78 is 34.9. The quantitative estimate of drug-likeness (QED) is 0.626. The first-order chi connectivity index (χ1) is 11.1.